The lowest BCUT2D eigenvalue weighted by Crippen LogP contribution is -1.99. The molecule has 0 amide bonds. The number of pyridine rings is 1. The summed E-state index contributed by atoms with van der Waals surface area (Å²) in [5.74, 6) is 0.879. The van der Waals surface area contributed by atoms with Crippen molar-refractivity contribution in [2.45, 2.75) is 45.4 Å². The zero-order valence-corrected chi connectivity index (χ0v) is 16.3. The van der Waals surface area contributed by atoms with Gasteiger partial charge in [-0.1, -0.05) is 39.0 Å². The lowest BCUT2D eigenvalue weighted by molar-refractivity contribution is 0.293. The van der Waals surface area contributed by atoms with Crippen molar-refractivity contribution in [1.29, 1.82) is 0 Å². The van der Waals surface area contributed by atoms with Crippen LogP contribution in [0.3, 0.4) is 0 Å². The highest BCUT2D eigenvalue weighted by Gasteiger charge is 2.05. The Morgan fingerprint density at radius 3 is 2.04 bits per heavy atom. The van der Waals surface area contributed by atoms with Crippen LogP contribution in [0.2, 0.25) is 0 Å². The van der Waals surface area contributed by atoms with Crippen LogP contribution in [0, 0.1) is 0 Å². The van der Waals surface area contributed by atoms with E-state index in [1.807, 2.05) is 36.4 Å². The lowest BCUT2D eigenvalue weighted by Gasteiger charge is -2.06. The number of unbranched alkanes of at least 4 members (excludes halogenated alkanes) is 5. The van der Waals surface area contributed by atoms with E-state index in [0.717, 1.165) is 28.9 Å². The van der Waals surface area contributed by atoms with Crippen molar-refractivity contribution in [3.05, 3.63) is 54.7 Å². The number of phenols is 1. The van der Waals surface area contributed by atoms with Gasteiger partial charge in [-0.15, -0.1) is 10.2 Å². The second-order valence-corrected chi connectivity index (χ2v) is 6.85. The topological polar surface area (TPSA) is 68.1 Å². The summed E-state index contributed by atoms with van der Waals surface area (Å²) in [6.07, 6.45) is 9.23. The summed E-state index contributed by atoms with van der Waals surface area (Å²) >= 11 is 0. The molecule has 0 aliphatic heterocycles. The zero-order valence-electron chi connectivity index (χ0n) is 16.3. The summed E-state index contributed by atoms with van der Waals surface area (Å²) in [6, 6.07) is 14.6. The van der Waals surface area contributed by atoms with Crippen LogP contribution < -0.4 is 4.74 Å². The van der Waals surface area contributed by atoms with Crippen LogP contribution in [0.15, 0.2) is 54.7 Å². The van der Waals surface area contributed by atoms with Crippen molar-refractivity contribution in [3.63, 3.8) is 0 Å². The maximum atomic E-state index is 9.38. The molecule has 3 aromatic rings. The summed E-state index contributed by atoms with van der Waals surface area (Å²) in [5, 5.41) is 18.0. The van der Waals surface area contributed by atoms with Gasteiger partial charge in [-0.3, -0.25) is 0 Å². The van der Waals surface area contributed by atoms with Gasteiger partial charge in [-0.25, -0.2) is 4.98 Å². The van der Waals surface area contributed by atoms with E-state index in [-0.39, 0.29) is 5.75 Å². The Morgan fingerprint density at radius 2 is 1.39 bits per heavy atom. The van der Waals surface area contributed by atoms with Gasteiger partial charge in [0, 0.05) is 23.4 Å². The highest BCUT2D eigenvalue weighted by Crippen LogP contribution is 2.22. The quantitative estimate of drug-likeness (QED) is 0.462. The van der Waals surface area contributed by atoms with Crippen LogP contribution in [0.25, 0.3) is 22.5 Å². The maximum absolute atomic E-state index is 9.38. The average Bonchev–Trinajstić information content (AvgIpc) is 2.74. The van der Waals surface area contributed by atoms with Gasteiger partial charge in [-0.05, 0) is 48.9 Å². The summed E-state index contributed by atoms with van der Waals surface area (Å²) in [4.78, 5) is 4.37. The van der Waals surface area contributed by atoms with Gasteiger partial charge < -0.3 is 9.84 Å². The summed E-state index contributed by atoms with van der Waals surface area (Å²) in [6.45, 7) is 2.94. The molecule has 1 aromatic carbocycles. The number of aromatic nitrogens is 3. The van der Waals surface area contributed by atoms with Gasteiger partial charge in [0.2, 0.25) is 5.88 Å². The van der Waals surface area contributed by atoms with Gasteiger partial charge in [-0.2, -0.15) is 0 Å². The Morgan fingerprint density at radius 1 is 0.750 bits per heavy atom. The van der Waals surface area contributed by atoms with Crippen LogP contribution >= 0.6 is 0 Å². The minimum Gasteiger partial charge on any atom is -0.508 e. The molecular formula is C23H27N3O2. The second kappa shape index (κ2) is 10.4. The molecule has 0 saturated carbocycles. The van der Waals surface area contributed by atoms with Crippen molar-refractivity contribution in [2.24, 2.45) is 0 Å². The third-order valence-corrected chi connectivity index (χ3v) is 4.61. The number of hydrogen-bond donors (Lipinski definition) is 1. The largest absolute Gasteiger partial charge is 0.508 e. The Balaban J connectivity index is 1.51. The Labute approximate surface area is 166 Å². The fourth-order valence-electron chi connectivity index (χ4n) is 2.95. The van der Waals surface area contributed by atoms with E-state index in [1.165, 1.54) is 32.1 Å². The van der Waals surface area contributed by atoms with Crippen LogP contribution in [0.4, 0.5) is 0 Å². The molecule has 0 bridgehead atoms. The van der Waals surface area contributed by atoms with E-state index in [4.69, 9.17) is 4.74 Å². The lowest BCUT2D eigenvalue weighted by atomic mass is 10.1. The van der Waals surface area contributed by atoms with Crippen molar-refractivity contribution < 1.29 is 9.84 Å². The van der Waals surface area contributed by atoms with Crippen molar-refractivity contribution in [3.8, 4) is 34.1 Å². The molecule has 2 heterocycles. The molecule has 0 aliphatic rings. The normalized spacial score (nSPS) is 10.8. The van der Waals surface area contributed by atoms with Crippen LogP contribution in [-0.4, -0.2) is 26.9 Å². The SMILES string of the molecule is CCCCCCCCOc1ccc(-c2ccc(-c3ccc(O)cc3)nn2)cn1. The highest BCUT2D eigenvalue weighted by atomic mass is 16.5. The van der Waals surface area contributed by atoms with Gasteiger partial charge >= 0.3 is 0 Å². The molecule has 0 unspecified atom stereocenters. The van der Waals surface area contributed by atoms with E-state index in [9.17, 15) is 5.11 Å². The van der Waals surface area contributed by atoms with E-state index < -0.39 is 0 Å². The van der Waals surface area contributed by atoms with Crippen molar-refractivity contribution >= 4 is 0 Å². The molecule has 2 aromatic heterocycles. The number of phenolic OH excluding ortho intramolecular Hbond substituents is 1. The maximum Gasteiger partial charge on any atom is 0.213 e. The minimum absolute atomic E-state index is 0.234. The molecule has 5 heteroatoms. The molecule has 0 saturated heterocycles. The van der Waals surface area contributed by atoms with Gasteiger partial charge in [0.05, 0.1) is 18.0 Å². The summed E-state index contributed by atoms with van der Waals surface area (Å²) in [7, 11) is 0. The van der Waals surface area contributed by atoms with Gasteiger partial charge in [0.15, 0.2) is 0 Å². The number of aromatic hydroxyl groups is 1. The standard InChI is InChI=1S/C23H27N3O2/c1-2-3-4-5-6-7-16-28-23-15-10-19(17-24-23)22-14-13-21(25-26-22)18-8-11-20(27)12-9-18/h8-15,17,27H,2-7,16H2,1H3. The molecule has 0 aliphatic carbocycles. The Kier molecular flexibility index (Phi) is 7.36. The minimum atomic E-state index is 0.234. The van der Waals surface area contributed by atoms with Gasteiger partial charge in [0.1, 0.15) is 5.75 Å². The number of hydrogen-bond acceptors (Lipinski definition) is 5. The van der Waals surface area contributed by atoms with E-state index in [1.54, 1.807) is 18.3 Å². The van der Waals surface area contributed by atoms with E-state index in [0.29, 0.717) is 12.5 Å². The fraction of sp³-hybridized carbons (Fsp3) is 0.348. The number of nitrogens with zero attached hydrogens (tertiary/aromatic N) is 3. The first kappa shape index (κ1) is 19.8. The molecule has 3 rings (SSSR count). The van der Waals surface area contributed by atoms with Crippen LogP contribution in [-0.2, 0) is 0 Å². The van der Waals surface area contributed by atoms with E-state index >= 15 is 0 Å². The van der Waals surface area contributed by atoms with Crippen molar-refractivity contribution in [2.75, 3.05) is 6.61 Å². The molecule has 1 N–H and O–H groups in total. The smallest absolute Gasteiger partial charge is 0.213 e. The fourth-order valence-corrected chi connectivity index (χ4v) is 2.95. The van der Waals surface area contributed by atoms with Crippen LogP contribution in [0.1, 0.15) is 45.4 Å². The molecule has 0 radical (unpaired) electrons. The first-order valence-corrected chi connectivity index (χ1v) is 9.98. The molecule has 5 nitrogen and oxygen atoms in total. The van der Waals surface area contributed by atoms with Crippen molar-refractivity contribution in [1.82, 2.24) is 15.2 Å². The Bertz CT molecular complexity index is 831. The highest BCUT2D eigenvalue weighted by molar-refractivity contribution is 5.63. The Hall–Kier alpha value is -2.95. The number of rotatable bonds is 10. The third kappa shape index (κ3) is 5.78. The van der Waals surface area contributed by atoms with Gasteiger partial charge in [0.25, 0.3) is 0 Å². The second-order valence-electron chi connectivity index (χ2n) is 6.85. The number of benzene rings is 1. The predicted octanol–water partition coefficient (Wildman–Crippen LogP) is 5.65. The third-order valence-electron chi connectivity index (χ3n) is 4.61. The first-order valence-electron chi connectivity index (χ1n) is 9.98. The molecular weight excluding hydrogens is 350 g/mol. The molecule has 0 fully saturated rings. The molecule has 0 spiro atoms. The first-order chi connectivity index (χ1) is 13.8. The number of ether oxygens (including phenoxy) is 1. The van der Waals surface area contributed by atoms with Crippen LogP contribution in [0.5, 0.6) is 11.6 Å². The molecule has 0 atom stereocenters. The molecule has 28 heavy (non-hydrogen) atoms. The molecule has 146 valence electrons. The van der Waals surface area contributed by atoms with E-state index in [2.05, 4.69) is 22.1 Å². The summed E-state index contributed by atoms with van der Waals surface area (Å²) < 4.78 is 5.72. The predicted molar refractivity (Wildman–Crippen MR) is 111 cm³/mol. The summed E-state index contributed by atoms with van der Waals surface area (Å²) in [5.41, 5.74) is 3.33. The average molecular weight is 377 g/mol. The monoisotopic (exact) mass is 377 g/mol. The zero-order chi connectivity index (χ0) is 19.6.